The quantitative estimate of drug-likeness (QED) is 0.195. The molecular weight excluding hydrogens is 856 g/mol. The summed E-state index contributed by atoms with van der Waals surface area (Å²) in [6.07, 6.45) is 0.426. The number of urea groups is 1. The average molecular weight is 919 g/mol. The van der Waals surface area contributed by atoms with Crippen molar-refractivity contribution in [3.05, 3.63) is 47.5 Å². The van der Waals surface area contributed by atoms with Crippen LogP contribution in [0.4, 0.5) is 4.79 Å². The van der Waals surface area contributed by atoms with Crippen LogP contribution in [0.15, 0.2) is 36.4 Å². The molecule has 5 rings (SSSR count). The Kier molecular flexibility index (Phi) is 23.0. The van der Waals surface area contributed by atoms with Crippen LogP contribution in [-0.4, -0.2) is 175 Å². The predicted octanol–water partition coefficient (Wildman–Crippen LogP) is 1.43. The number of hydrogen-bond acceptors (Lipinski definition) is 17. The highest BCUT2D eigenvalue weighted by Gasteiger charge is 2.49. The van der Waals surface area contributed by atoms with Crippen LogP contribution in [0.5, 0.6) is 23.0 Å². The second-order valence-electron chi connectivity index (χ2n) is 14.7. The van der Waals surface area contributed by atoms with Gasteiger partial charge in [0.15, 0.2) is 23.0 Å². The van der Waals surface area contributed by atoms with Gasteiger partial charge in [-0.1, -0.05) is 0 Å². The van der Waals surface area contributed by atoms with Gasteiger partial charge in [-0.3, -0.25) is 29.8 Å². The zero-order valence-electron chi connectivity index (χ0n) is 36.8. The lowest BCUT2D eigenvalue weighted by molar-refractivity contribution is -0.145. The summed E-state index contributed by atoms with van der Waals surface area (Å²) in [5.74, 6) is -0.837. The Labute approximate surface area is 378 Å². The maximum atomic E-state index is 13.3. The summed E-state index contributed by atoms with van der Waals surface area (Å²) >= 11 is 0. The lowest BCUT2D eigenvalue weighted by atomic mass is 9.76. The minimum Gasteiger partial charge on any atom is -0.487 e. The largest absolute Gasteiger partial charge is 0.487 e. The molecule has 0 atom stereocenters. The van der Waals surface area contributed by atoms with Crippen molar-refractivity contribution in [2.45, 2.75) is 25.7 Å². The van der Waals surface area contributed by atoms with Crippen molar-refractivity contribution in [1.82, 2.24) is 21.3 Å². The maximum Gasteiger partial charge on any atom is 0.328 e. The highest BCUT2D eigenvalue weighted by molar-refractivity contribution is 6.19. The summed E-state index contributed by atoms with van der Waals surface area (Å²) in [7, 11) is 0. The van der Waals surface area contributed by atoms with E-state index in [2.05, 4.69) is 21.3 Å². The fourth-order valence-electron chi connectivity index (χ4n) is 6.68. The lowest BCUT2D eigenvalue weighted by Crippen LogP contribution is -2.62. The summed E-state index contributed by atoms with van der Waals surface area (Å²) in [6.45, 7) is 7.29. The molecule has 360 valence electrons. The molecule has 65 heavy (non-hydrogen) atoms. The Morgan fingerprint density at radius 1 is 0.431 bits per heavy atom. The Morgan fingerprint density at radius 2 is 0.723 bits per heavy atom. The maximum absolute atomic E-state index is 13.3. The van der Waals surface area contributed by atoms with Crippen molar-refractivity contribution in [1.29, 1.82) is 0 Å². The van der Waals surface area contributed by atoms with Gasteiger partial charge in [0.05, 0.1) is 106 Å². The number of rotatable bonds is 10. The van der Waals surface area contributed by atoms with Crippen molar-refractivity contribution in [2.75, 3.05) is 145 Å². The van der Waals surface area contributed by atoms with Crippen LogP contribution in [0.1, 0.15) is 46.4 Å². The molecule has 0 radical (unpaired) electrons. The molecule has 21 nitrogen and oxygen atoms in total. The van der Waals surface area contributed by atoms with Gasteiger partial charge in [0, 0.05) is 24.2 Å². The number of nitrogens with one attached hydrogen (secondary N) is 4. The van der Waals surface area contributed by atoms with Crippen molar-refractivity contribution in [2.24, 2.45) is 5.41 Å². The molecule has 3 aliphatic rings. The normalized spacial score (nSPS) is 19.4. The molecule has 21 heteroatoms. The van der Waals surface area contributed by atoms with Gasteiger partial charge in [-0.25, -0.2) is 4.79 Å². The fourth-order valence-corrected chi connectivity index (χ4v) is 6.68. The molecular formula is C44H62N4O17. The monoisotopic (exact) mass is 918 g/mol. The Balaban J connectivity index is 1.12. The van der Waals surface area contributed by atoms with E-state index in [-0.39, 0.29) is 78.4 Å². The highest BCUT2D eigenvalue weighted by atomic mass is 16.6. The number of ether oxygens (including phenoxy) is 12. The van der Waals surface area contributed by atoms with Crippen molar-refractivity contribution in [3.8, 4) is 23.0 Å². The number of benzene rings is 2. The van der Waals surface area contributed by atoms with Gasteiger partial charge in [0.1, 0.15) is 31.8 Å². The number of amides is 6. The Morgan fingerprint density at radius 3 is 1.05 bits per heavy atom. The molecule has 0 aliphatic carbocycles. The first-order chi connectivity index (χ1) is 31.9. The van der Waals surface area contributed by atoms with Gasteiger partial charge >= 0.3 is 6.03 Å². The summed E-state index contributed by atoms with van der Waals surface area (Å²) in [4.78, 5) is 65.2. The molecule has 6 amide bonds. The van der Waals surface area contributed by atoms with E-state index < -0.39 is 35.1 Å². The minimum atomic E-state index is -1.63. The van der Waals surface area contributed by atoms with Gasteiger partial charge in [-0.15, -0.1) is 0 Å². The number of hydrogen-bond donors (Lipinski definition) is 4. The van der Waals surface area contributed by atoms with E-state index in [9.17, 15) is 24.0 Å². The lowest BCUT2D eigenvalue weighted by Gasteiger charge is -2.34. The summed E-state index contributed by atoms with van der Waals surface area (Å²) in [5, 5.41) is 10.1. The molecule has 1 fully saturated rings. The fraction of sp³-hybridized carbons (Fsp3) is 0.614. The second kappa shape index (κ2) is 29.4. The minimum absolute atomic E-state index is 0.00423. The van der Waals surface area contributed by atoms with E-state index in [4.69, 9.17) is 56.8 Å². The van der Waals surface area contributed by atoms with Crippen LogP contribution in [0.3, 0.4) is 0 Å². The third-order valence-electron chi connectivity index (χ3n) is 10.0. The number of carbonyl (C=O) groups is 5. The molecule has 0 saturated carbocycles. The summed E-state index contributed by atoms with van der Waals surface area (Å²) in [5.41, 5.74) is -1.05. The second-order valence-corrected chi connectivity index (χ2v) is 14.7. The molecule has 1 saturated heterocycles. The third-order valence-corrected chi connectivity index (χ3v) is 10.0. The van der Waals surface area contributed by atoms with Crippen LogP contribution in [-0.2, 0) is 47.5 Å². The molecule has 0 spiro atoms. The van der Waals surface area contributed by atoms with Crippen molar-refractivity contribution < 1.29 is 80.8 Å². The third kappa shape index (κ3) is 18.0. The average Bonchev–Trinajstić information content (AvgIpc) is 3.30. The highest BCUT2D eigenvalue weighted by Crippen LogP contribution is 2.33. The molecule has 3 aliphatic heterocycles. The van der Waals surface area contributed by atoms with Crippen molar-refractivity contribution in [3.63, 3.8) is 0 Å². The predicted molar refractivity (Wildman–Crippen MR) is 229 cm³/mol. The number of fused-ring (bicyclic) bond motifs is 2. The zero-order valence-corrected chi connectivity index (χ0v) is 36.8. The molecule has 4 N–H and O–H groups in total. The van der Waals surface area contributed by atoms with Gasteiger partial charge in [-0.05, 0) is 62.1 Å². The van der Waals surface area contributed by atoms with Gasteiger partial charge in [0.25, 0.3) is 11.8 Å². The van der Waals surface area contributed by atoms with Crippen LogP contribution >= 0.6 is 0 Å². The molecule has 0 bridgehead atoms. The van der Waals surface area contributed by atoms with E-state index in [0.29, 0.717) is 127 Å². The van der Waals surface area contributed by atoms with Gasteiger partial charge in [0.2, 0.25) is 11.8 Å². The van der Waals surface area contributed by atoms with E-state index in [1.807, 2.05) is 0 Å². The van der Waals surface area contributed by atoms with E-state index >= 15 is 0 Å². The first kappa shape index (κ1) is 50.9. The number of carbonyl (C=O) groups excluding carboxylic acids is 5. The summed E-state index contributed by atoms with van der Waals surface area (Å²) in [6, 6.07) is 8.65. The Hall–Kier alpha value is -5.13. The first-order valence-electron chi connectivity index (χ1n) is 22.0. The zero-order chi connectivity index (χ0) is 45.8. The van der Waals surface area contributed by atoms with Crippen LogP contribution < -0.4 is 40.2 Å². The number of barbiturate groups is 1. The SMILES string of the molecule is O=C1NC(=O)C(CCCNC(=O)c2ccc3c(c2)OCCOCCOCCOCCOCCO3)(CCCNC(=O)c2ccc3c(c2)OCCOCCOCCOCCOCCO3)C(=O)N1. The van der Waals surface area contributed by atoms with Crippen LogP contribution in [0.25, 0.3) is 0 Å². The summed E-state index contributed by atoms with van der Waals surface area (Å²) < 4.78 is 67.8. The Bertz CT molecular complexity index is 1670. The van der Waals surface area contributed by atoms with Gasteiger partial charge < -0.3 is 67.5 Å². The molecule has 0 aromatic heterocycles. The number of imide groups is 2. The topological polar surface area (TPSA) is 244 Å². The smallest absolute Gasteiger partial charge is 0.328 e. The molecule has 3 heterocycles. The van der Waals surface area contributed by atoms with Crippen LogP contribution in [0, 0.1) is 5.41 Å². The van der Waals surface area contributed by atoms with E-state index in [1.54, 1.807) is 36.4 Å². The van der Waals surface area contributed by atoms with E-state index in [0.717, 1.165) is 0 Å². The molecule has 0 unspecified atom stereocenters. The van der Waals surface area contributed by atoms with Crippen molar-refractivity contribution >= 4 is 29.7 Å². The first-order valence-corrected chi connectivity index (χ1v) is 22.0. The van der Waals surface area contributed by atoms with Crippen LogP contribution in [0.2, 0.25) is 0 Å². The molecule has 2 aromatic rings. The molecule has 2 aromatic carbocycles. The van der Waals surface area contributed by atoms with Gasteiger partial charge in [-0.2, -0.15) is 0 Å². The standard InChI is InChI=1S/C44H62N4O17/c49-39(33-3-5-35-37(31-33)64-29-25-60-21-17-56-13-11-54-15-19-58-23-27-62-35)45-9-1-7-44(41(51)47-43(53)48-42(44)52)8-2-10-46-40(50)34-4-6-36-38(32-34)65-30-26-61-22-18-57-14-12-55-16-20-59-24-28-63-36/h3-6,31-32H,1-2,7-30H2,(H,45,49)(H,46,50)(H2,47,48,51,52,53). The van der Waals surface area contributed by atoms with E-state index in [1.165, 1.54) is 0 Å².